The van der Waals surface area contributed by atoms with Gasteiger partial charge in [0.15, 0.2) is 0 Å². The van der Waals surface area contributed by atoms with Crippen LogP contribution in [0.1, 0.15) is 32.3 Å². The van der Waals surface area contributed by atoms with Crippen molar-refractivity contribution in [2.45, 2.75) is 39.7 Å². The van der Waals surface area contributed by atoms with Crippen molar-refractivity contribution < 1.29 is 0 Å². The summed E-state index contributed by atoms with van der Waals surface area (Å²) in [5, 5.41) is 3.52. The van der Waals surface area contributed by atoms with Crippen LogP contribution in [0.3, 0.4) is 0 Å². The van der Waals surface area contributed by atoms with E-state index in [0.29, 0.717) is 6.04 Å². The number of nitrogen functional groups attached to an aromatic ring is 1. The highest BCUT2D eigenvalue weighted by molar-refractivity contribution is 5.51. The summed E-state index contributed by atoms with van der Waals surface area (Å²) in [6.45, 7) is 6.66. The number of aromatic nitrogens is 1. The molecule has 1 aliphatic rings. The Labute approximate surface area is 97.5 Å². The van der Waals surface area contributed by atoms with E-state index in [0.717, 1.165) is 28.9 Å². The molecule has 0 aliphatic heterocycles. The second-order valence-corrected chi connectivity index (χ2v) is 5.09. The van der Waals surface area contributed by atoms with Gasteiger partial charge in [0.05, 0.1) is 11.9 Å². The molecule has 3 N–H and O–H groups in total. The third-order valence-corrected chi connectivity index (χ3v) is 3.95. The van der Waals surface area contributed by atoms with Crippen molar-refractivity contribution in [2.24, 2.45) is 11.8 Å². The Morgan fingerprint density at radius 2 is 2.12 bits per heavy atom. The van der Waals surface area contributed by atoms with E-state index in [2.05, 4.69) is 24.1 Å². The van der Waals surface area contributed by atoms with Gasteiger partial charge in [-0.2, -0.15) is 0 Å². The Morgan fingerprint density at radius 1 is 1.38 bits per heavy atom. The Balaban J connectivity index is 2.07. The fourth-order valence-electron chi connectivity index (χ4n) is 2.40. The molecule has 0 aromatic carbocycles. The first-order chi connectivity index (χ1) is 7.58. The zero-order valence-corrected chi connectivity index (χ0v) is 10.3. The first-order valence-electron chi connectivity index (χ1n) is 6.06. The highest BCUT2D eigenvalue weighted by atomic mass is 15.0. The van der Waals surface area contributed by atoms with E-state index in [1.165, 1.54) is 12.8 Å². The smallest absolute Gasteiger partial charge is 0.126 e. The molecule has 0 radical (unpaired) electrons. The Kier molecular flexibility index (Phi) is 3.03. The molecule has 1 aromatic heterocycles. The predicted octanol–water partition coefficient (Wildman–Crippen LogP) is 2.82. The maximum absolute atomic E-state index is 5.76. The van der Waals surface area contributed by atoms with Crippen molar-refractivity contribution in [3.8, 4) is 0 Å². The lowest BCUT2D eigenvalue weighted by Gasteiger charge is -2.20. The number of nitrogens with zero attached hydrogens (tertiary/aromatic N) is 1. The molecule has 1 fully saturated rings. The van der Waals surface area contributed by atoms with E-state index < -0.39 is 0 Å². The van der Waals surface area contributed by atoms with Crippen LogP contribution in [0.5, 0.6) is 0 Å². The molecule has 88 valence electrons. The van der Waals surface area contributed by atoms with E-state index in [1.54, 1.807) is 6.20 Å². The first kappa shape index (κ1) is 11.2. The lowest BCUT2D eigenvalue weighted by molar-refractivity contribution is 0.435. The van der Waals surface area contributed by atoms with Crippen molar-refractivity contribution in [1.82, 2.24) is 4.98 Å². The highest BCUT2D eigenvalue weighted by Gasteiger charge is 2.29. The molecule has 3 unspecified atom stereocenters. The number of aryl methyl sites for hydroxylation is 1. The van der Waals surface area contributed by atoms with Crippen LogP contribution in [0.2, 0.25) is 0 Å². The molecule has 1 aliphatic carbocycles. The summed E-state index contributed by atoms with van der Waals surface area (Å²) in [6.07, 6.45) is 4.29. The molecular formula is C13H21N3. The number of rotatable bonds is 2. The van der Waals surface area contributed by atoms with Gasteiger partial charge in [0, 0.05) is 6.04 Å². The average molecular weight is 219 g/mol. The van der Waals surface area contributed by atoms with Crippen molar-refractivity contribution in [1.29, 1.82) is 0 Å². The minimum atomic E-state index is 0.561. The molecule has 0 bridgehead atoms. The molecule has 3 nitrogen and oxygen atoms in total. The van der Waals surface area contributed by atoms with Crippen molar-refractivity contribution >= 4 is 11.5 Å². The predicted molar refractivity (Wildman–Crippen MR) is 68.4 cm³/mol. The zero-order chi connectivity index (χ0) is 11.7. The van der Waals surface area contributed by atoms with Crippen LogP contribution < -0.4 is 11.1 Å². The van der Waals surface area contributed by atoms with Crippen LogP contribution in [0, 0.1) is 18.8 Å². The lowest BCUT2D eigenvalue weighted by atomic mass is 9.98. The summed E-state index contributed by atoms with van der Waals surface area (Å²) in [5.41, 5.74) is 7.61. The highest BCUT2D eigenvalue weighted by Crippen LogP contribution is 2.33. The topological polar surface area (TPSA) is 50.9 Å². The van der Waals surface area contributed by atoms with E-state index in [-0.39, 0.29) is 0 Å². The maximum Gasteiger partial charge on any atom is 0.126 e. The SMILES string of the molecule is Cc1cc(NC2CCC(C)C2C)ncc1N. The number of pyridine rings is 1. The van der Waals surface area contributed by atoms with Gasteiger partial charge in [0.25, 0.3) is 0 Å². The summed E-state index contributed by atoms with van der Waals surface area (Å²) in [6, 6.07) is 2.59. The summed E-state index contributed by atoms with van der Waals surface area (Å²) in [4.78, 5) is 4.33. The van der Waals surface area contributed by atoms with E-state index >= 15 is 0 Å². The first-order valence-corrected chi connectivity index (χ1v) is 6.06. The number of anilines is 2. The van der Waals surface area contributed by atoms with Crippen LogP contribution in [0.4, 0.5) is 11.5 Å². The summed E-state index contributed by atoms with van der Waals surface area (Å²) < 4.78 is 0. The molecule has 16 heavy (non-hydrogen) atoms. The fraction of sp³-hybridized carbons (Fsp3) is 0.615. The summed E-state index contributed by atoms with van der Waals surface area (Å²) in [5.74, 6) is 2.49. The average Bonchev–Trinajstić information content (AvgIpc) is 2.55. The van der Waals surface area contributed by atoms with Gasteiger partial charge in [0.2, 0.25) is 0 Å². The summed E-state index contributed by atoms with van der Waals surface area (Å²) >= 11 is 0. The number of hydrogen-bond acceptors (Lipinski definition) is 3. The van der Waals surface area contributed by atoms with Gasteiger partial charge < -0.3 is 11.1 Å². The molecule has 0 amide bonds. The zero-order valence-electron chi connectivity index (χ0n) is 10.3. The molecule has 3 heteroatoms. The maximum atomic E-state index is 5.76. The number of nitrogens with one attached hydrogen (secondary N) is 1. The number of nitrogens with two attached hydrogens (primary N) is 1. The van der Waals surface area contributed by atoms with Crippen molar-refractivity contribution in [3.63, 3.8) is 0 Å². The number of hydrogen-bond donors (Lipinski definition) is 2. The molecule has 3 atom stereocenters. The quantitative estimate of drug-likeness (QED) is 0.804. The van der Waals surface area contributed by atoms with Gasteiger partial charge in [-0.3, -0.25) is 0 Å². The Hall–Kier alpha value is -1.25. The van der Waals surface area contributed by atoms with Gasteiger partial charge in [-0.1, -0.05) is 13.8 Å². The molecule has 1 aromatic rings. The van der Waals surface area contributed by atoms with Crippen LogP contribution >= 0.6 is 0 Å². The largest absolute Gasteiger partial charge is 0.397 e. The molecular weight excluding hydrogens is 198 g/mol. The normalized spacial score (nSPS) is 29.3. The van der Waals surface area contributed by atoms with Crippen molar-refractivity contribution in [2.75, 3.05) is 11.1 Å². The fourth-order valence-corrected chi connectivity index (χ4v) is 2.40. The Morgan fingerprint density at radius 3 is 2.69 bits per heavy atom. The summed E-state index contributed by atoms with van der Waals surface area (Å²) in [7, 11) is 0. The molecule has 2 rings (SSSR count). The Bertz CT molecular complexity index is 375. The van der Waals surface area contributed by atoms with Crippen LogP contribution in [0.15, 0.2) is 12.3 Å². The van der Waals surface area contributed by atoms with Gasteiger partial charge in [-0.25, -0.2) is 4.98 Å². The minimum Gasteiger partial charge on any atom is -0.397 e. The van der Waals surface area contributed by atoms with Gasteiger partial charge in [0.1, 0.15) is 5.82 Å². The van der Waals surface area contributed by atoms with Gasteiger partial charge in [-0.15, -0.1) is 0 Å². The lowest BCUT2D eigenvalue weighted by Crippen LogP contribution is -2.24. The minimum absolute atomic E-state index is 0.561. The third-order valence-electron chi connectivity index (χ3n) is 3.95. The second-order valence-electron chi connectivity index (χ2n) is 5.09. The third kappa shape index (κ3) is 2.13. The van der Waals surface area contributed by atoms with Gasteiger partial charge >= 0.3 is 0 Å². The van der Waals surface area contributed by atoms with Gasteiger partial charge in [-0.05, 0) is 43.2 Å². The second kappa shape index (κ2) is 4.32. The van der Waals surface area contributed by atoms with Crippen LogP contribution in [0.25, 0.3) is 0 Å². The molecule has 1 heterocycles. The molecule has 1 saturated carbocycles. The molecule has 0 spiro atoms. The van der Waals surface area contributed by atoms with Crippen LogP contribution in [-0.4, -0.2) is 11.0 Å². The van der Waals surface area contributed by atoms with E-state index in [4.69, 9.17) is 5.73 Å². The standard InChI is InChI=1S/C13H21N3/c1-8-4-5-12(10(8)3)16-13-6-9(2)11(14)7-15-13/h6-8,10,12H,4-5,14H2,1-3H3,(H,15,16). The van der Waals surface area contributed by atoms with E-state index in [9.17, 15) is 0 Å². The monoisotopic (exact) mass is 219 g/mol. The van der Waals surface area contributed by atoms with E-state index in [1.807, 2.05) is 13.0 Å². The van der Waals surface area contributed by atoms with Crippen molar-refractivity contribution in [3.05, 3.63) is 17.8 Å². The molecule has 0 saturated heterocycles. The van der Waals surface area contributed by atoms with Crippen LogP contribution in [-0.2, 0) is 0 Å².